The summed E-state index contributed by atoms with van der Waals surface area (Å²) in [7, 11) is 1.62. The molecule has 3 heteroatoms. The van der Waals surface area contributed by atoms with Crippen LogP contribution >= 0.6 is 22.6 Å². The smallest absolute Gasteiger partial charge is 0.166 e. The number of halogens is 1. The van der Waals surface area contributed by atoms with Crippen LogP contribution < -0.4 is 4.74 Å². The highest BCUT2D eigenvalue weighted by molar-refractivity contribution is 14.1. The van der Waals surface area contributed by atoms with E-state index in [4.69, 9.17) is 4.74 Å². The van der Waals surface area contributed by atoms with Crippen LogP contribution in [0.3, 0.4) is 0 Å². The van der Waals surface area contributed by atoms with E-state index in [1.54, 1.807) is 7.11 Å². The third kappa shape index (κ3) is 1.54. The Labute approximate surface area is 96.8 Å². The largest absolute Gasteiger partial charge is 0.496 e. The minimum atomic E-state index is 0.224. The normalized spacial score (nSPS) is 15.1. The van der Waals surface area contributed by atoms with E-state index in [1.807, 2.05) is 12.1 Å². The van der Waals surface area contributed by atoms with Crippen molar-refractivity contribution in [3.63, 3.8) is 0 Å². The van der Waals surface area contributed by atoms with Gasteiger partial charge in [-0.1, -0.05) is 0 Å². The molecule has 2 nitrogen and oxygen atoms in total. The average Bonchev–Trinajstić information content (AvgIpc) is 2.20. The Kier molecular flexibility index (Phi) is 2.76. The topological polar surface area (TPSA) is 26.3 Å². The van der Waals surface area contributed by atoms with Gasteiger partial charge in [-0.05, 0) is 53.1 Å². The third-order valence-electron chi connectivity index (χ3n) is 2.55. The quantitative estimate of drug-likeness (QED) is 0.746. The zero-order valence-electron chi connectivity index (χ0n) is 7.97. The van der Waals surface area contributed by atoms with E-state index in [1.165, 1.54) is 9.13 Å². The van der Waals surface area contributed by atoms with Crippen LogP contribution in [0.25, 0.3) is 0 Å². The maximum atomic E-state index is 11.7. The van der Waals surface area contributed by atoms with Crippen molar-refractivity contribution in [3.8, 4) is 5.75 Å². The molecule has 1 aliphatic rings. The Balaban J connectivity index is 2.64. The maximum absolute atomic E-state index is 11.7. The molecule has 0 aromatic heterocycles. The lowest BCUT2D eigenvalue weighted by atomic mass is 9.90. The second-order valence-electron chi connectivity index (χ2n) is 3.38. The molecule has 0 saturated carbocycles. The summed E-state index contributed by atoms with van der Waals surface area (Å²) in [5.41, 5.74) is 1.98. The van der Waals surface area contributed by atoms with Gasteiger partial charge in [0.15, 0.2) is 5.78 Å². The van der Waals surface area contributed by atoms with E-state index in [-0.39, 0.29) is 5.78 Å². The summed E-state index contributed by atoms with van der Waals surface area (Å²) in [5.74, 6) is 0.951. The first-order valence-electron chi connectivity index (χ1n) is 4.62. The van der Waals surface area contributed by atoms with Gasteiger partial charge in [0.1, 0.15) is 5.75 Å². The summed E-state index contributed by atoms with van der Waals surface area (Å²) in [6.07, 6.45) is 2.62. The van der Waals surface area contributed by atoms with Gasteiger partial charge in [-0.15, -0.1) is 0 Å². The van der Waals surface area contributed by atoms with E-state index >= 15 is 0 Å². The molecule has 0 bridgehead atoms. The minimum Gasteiger partial charge on any atom is -0.496 e. The van der Waals surface area contributed by atoms with E-state index in [2.05, 4.69) is 22.6 Å². The Morgan fingerprint density at radius 1 is 1.36 bits per heavy atom. The monoisotopic (exact) mass is 302 g/mol. The van der Waals surface area contributed by atoms with Crippen LogP contribution in [0.15, 0.2) is 12.1 Å². The molecular weight excluding hydrogens is 291 g/mol. The van der Waals surface area contributed by atoms with Gasteiger partial charge in [-0.25, -0.2) is 0 Å². The number of Topliss-reactive ketones (excluding diaryl/α,β-unsaturated/α-hetero) is 1. The fourth-order valence-electron chi connectivity index (χ4n) is 1.87. The van der Waals surface area contributed by atoms with Crippen LogP contribution in [0.4, 0.5) is 0 Å². The number of ketones is 1. The van der Waals surface area contributed by atoms with Gasteiger partial charge in [0.2, 0.25) is 0 Å². The minimum absolute atomic E-state index is 0.224. The highest BCUT2D eigenvalue weighted by atomic mass is 127. The van der Waals surface area contributed by atoms with Gasteiger partial charge >= 0.3 is 0 Å². The molecular formula is C11H11IO2. The molecule has 1 aromatic rings. The highest BCUT2D eigenvalue weighted by Crippen LogP contribution is 2.32. The molecule has 0 amide bonds. The second kappa shape index (κ2) is 3.88. The zero-order valence-corrected chi connectivity index (χ0v) is 10.1. The maximum Gasteiger partial charge on any atom is 0.166 e. The zero-order chi connectivity index (χ0) is 10.1. The molecule has 0 fully saturated rings. The van der Waals surface area contributed by atoms with E-state index in [0.717, 1.165) is 24.2 Å². The lowest BCUT2D eigenvalue weighted by Gasteiger charge is -2.18. The second-order valence-corrected chi connectivity index (χ2v) is 4.54. The Bertz CT molecular complexity index is 385. The summed E-state index contributed by atoms with van der Waals surface area (Å²) in [5, 5.41) is 0. The van der Waals surface area contributed by atoms with Crippen molar-refractivity contribution in [1.29, 1.82) is 0 Å². The summed E-state index contributed by atoms with van der Waals surface area (Å²) in [4.78, 5) is 11.7. The molecule has 0 spiro atoms. The van der Waals surface area contributed by atoms with Crippen molar-refractivity contribution in [1.82, 2.24) is 0 Å². The van der Waals surface area contributed by atoms with Crippen LogP contribution in [0, 0.1) is 3.57 Å². The fourth-order valence-corrected chi connectivity index (χ4v) is 2.59. The standard InChI is InChI=1S/C11H11IO2/c1-14-10-6-5-8(12)7-3-2-4-9(13)11(7)10/h5-6H,2-4H2,1H3. The van der Waals surface area contributed by atoms with Crippen molar-refractivity contribution in [2.45, 2.75) is 19.3 Å². The van der Waals surface area contributed by atoms with Crippen molar-refractivity contribution in [2.75, 3.05) is 7.11 Å². The number of carbonyl (C=O) groups excluding carboxylic acids is 1. The lowest BCUT2D eigenvalue weighted by molar-refractivity contribution is 0.0969. The molecule has 0 atom stereocenters. The molecule has 0 radical (unpaired) electrons. The van der Waals surface area contributed by atoms with Gasteiger partial charge in [-0.2, -0.15) is 0 Å². The number of fused-ring (bicyclic) bond motifs is 1. The number of hydrogen-bond acceptors (Lipinski definition) is 2. The molecule has 0 heterocycles. The molecule has 2 rings (SSSR count). The van der Waals surface area contributed by atoms with E-state index in [0.29, 0.717) is 6.42 Å². The van der Waals surface area contributed by atoms with Crippen LogP contribution in [0.2, 0.25) is 0 Å². The van der Waals surface area contributed by atoms with Gasteiger partial charge in [-0.3, -0.25) is 4.79 Å². The first kappa shape index (κ1) is 9.96. The van der Waals surface area contributed by atoms with Crippen molar-refractivity contribution in [3.05, 3.63) is 26.8 Å². The fraction of sp³-hybridized carbons (Fsp3) is 0.364. The molecule has 74 valence electrons. The predicted molar refractivity (Wildman–Crippen MR) is 63.0 cm³/mol. The van der Waals surface area contributed by atoms with E-state index in [9.17, 15) is 4.79 Å². The highest BCUT2D eigenvalue weighted by Gasteiger charge is 2.23. The predicted octanol–water partition coefficient (Wildman–Crippen LogP) is 2.82. The van der Waals surface area contributed by atoms with Crippen LogP contribution in [-0.4, -0.2) is 12.9 Å². The van der Waals surface area contributed by atoms with Crippen LogP contribution in [0.1, 0.15) is 28.8 Å². The Morgan fingerprint density at radius 3 is 2.86 bits per heavy atom. The van der Waals surface area contributed by atoms with Crippen molar-refractivity contribution in [2.24, 2.45) is 0 Å². The number of hydrogen-bond donors (Lipinski definition) is 0. The Hall–Kier alpha value is -0.580. The molecule has 0 N–H and O–H groups in total. The van der Waals surface area contributed by atoms with Gasteiger partial charge < -0.3 is 4.74 Å². The number of carbonyl (C=O) groups is 1. The molecule has 0 unspecified atom stereocenters. The Morgan fingerprint density at radius 2 is 2.14 bits per heavy atom. The van der Waals surface area contributed by atoms with Gasteiger partial charge in [0.05, 0.1) is 12.7 Å². The number of benzene rings is 1. The third-order valence-corrected chi connectivity index (χ3v) is 3.56. The summed E-state index contributed by atoms with van der Waals surface area (Å²) in [6.45, 7) is 0. The van der Waals surface area contributed by atoms with Gasteiger partial charge in [0, 0.05) is 9.99 Å². The first-order valence-corrected chi connectivity index (χ1v) is 5.70. The SMILES string of the molecule is COc1ccc(I)c2c1C(=O)CCC2. The molecule has 1 aliphatic carbocycles. The molecule has 0 saturated heterocycles. The summed E-state index contributed by atoms with van der Waals surface area (Å²) < 4.78 is 6.39. The van der Waals surface area contributed by atoms with Gasteiger partial charge in [0.25, 0.3) is 0 Å². The number of ether oxygens (including phenoxy) is 1. The average molecular weight is 302 g/mol. The number of rotatable bonds is 1. The molecule has 1 aromatic carbocycles. The molecule has 14 heavy (non-hydrogen) atoms. The van der Waals surface area contributed by atoms with Crippen LogP contribution in [-0.2, 0) is 6.42 Å². The van der Waals surface area contributed by atoms with E-state index < -0.39 is 0 Å². The first-order chi connectivity index (χ1) is 6.74. The van der Waals surface area contributed by atoms with Crippen LogP contribution in [0.5, 0.6) is 5.75 Å². The summed E-state index contributed by atoms with van der Waals surface area (Å²) >= 11 is 2.28. The summed E-state index contributed by atoms with van der Waals surface area (Å²) in [6, 6.07) is 3.89. The van der Waals surface area contributed by atoms with Crippen molar-refractivity contribution < 1.29 is 9.53 Å². The van der Waals surface area contributed by atoms with Crippen molar-refractivity contribution >= 4 is 28.4 Å². The number of methoxy groups -OCH3 is 1. The lowest BCUT2D eigenvalue weighted by Crippen LogP contribution is -2.13. The molecule has 0 aliphatic heterocycles.